The predicted octanol–water partition coefficient (Wildman–Crippen LogP) is 25.1. The highest BCUT2D eigenvalue weighted by Gasteiger charge is 2.18. The van der Waals surface area contributed by atoms with Crippen LogP contribution in [0.15, 0.2) is 291 Å². The summed E-state index contributed by atoms with van der Waals surface area (Å²) in [6.45, 7) is 12.6. The van der Waals surface area contributed by atoms with Gasteiger partial charge in [0.1, 0.15) is 0 Å². The van der Waals surface area contributed by atoms with E-state index in [-0.39, 0.29) is 0 Å². The van der Waals surface area contributed by atoms with Crippen molar-refractivity contribution >= 4 is 135 Å². The summed E-state index contributed by atoms with van der Waals surface area (Å²) in [5, 5.41) is 10.3. The summed E-state index contributed by atoms with van der Waals surface area (Å²) in [7, 11) is 0. The Morgan fingerprint density at radius 3 is 0.755 bits per heavy atom. The van der Waals surface area contributed by atoms with E-state index >= 15 is 0 Å². The summed E-state index contributed by atoms with van der Waals surface area (Å²) >= 11 is 0. The molecular formula is C94H74N4. The first-order valence-corrected chi connectivity index (χ1v) is 34.7. The SMILES string of the molecule is CCn1c2ccccc2c2cc(/C=C\c3ccc(-c4ccc(/C=C(/c5ccc(/C(=C\c6ccc(-c7ccc(/C=C/c8ccc9c(c8)c8ccccc8n9CC)cc7)cc6)c6ccc7c(c6)c6ccccc6n7CC)cc5)c5ccc6c(c5)c5ccccc5n6CC)cc4)cc3)ccc21. The predicted molar refractivity (Wildman–Crippen MR) is 422 cm³/mol. The molecule has 0 bridgehead atoms. The van der Waals surface area contributed by atoms with E-state index in [9.17, 15) is 0 Å². The van der Waals surface area contributed by atoms with Gasteiger partial charge in [-0.3, -0.25) is 0 Å². The zero-order chi connectivity index (χ0) is 65.8. The van der Waals surface area contributed by atoms with Crippen molar-refractivity contribution in [2.75, 3.05) is 0 Å². The molecule has 0 atom stereocenters. The van der Waals surface area contributed by atoms with E-state index in [0.29, 0.717) is 0 Å². The molecule has 0 aliphatic rings. The fraction of sp³-hybridized carbons (Fsp3) is 0.0851. The molecule has 0 N–H and O–H groups in total. The van der Waals surface area contributed by atoms with Crippen LogP contribution in [-0.4, -0.2) is 18.3 Å². The lowest BCUT2D eigenvalue weighted by atomic mass is 9.90. The van der Waals surface area contributed by atoms with Crippen molar-refractivity contribution in [3.63, 3.8) is 0 Å². The van der Waals surface area contributed by atoms with Crippen LogP contribution in [0.1, 0.15) is 83.3 Å². The molecule has 0 aliphatic carbocycles. The molecule has 17 rings (SSSR count). The summed E-state index contributed by atoms with van der Waals surface area (Å²) in [6, 6.07) is 108. The number of hydrogen-bond acceptors (Lipinski definition) is 0. The minimum atomic E-state index is 0.898. The lowest BCUT2D eigenvalue weighted by Gasteiger charge is -2.14. The monoisotopic (exact) mass is 1260 g/mol. The molecule has 0 fully saturated rings. The van der Waals surface area contributed by atoms with E-state index in [0.717, 1.165) is 48.4 Å². The fourth-order valence-corrected chi connectivity index (χ4v) is 15.5. The largest absolute Gasteiger partial charge is 0.341 e. The minimum Gasteiger partial charge on any atom is -0.341 e. The molecule has 0 saturated carbocycles. The number of para-hydroxylation sites is 4. The van der Waals surface area contributed by atoms with E-state index in [2.05, 4.69) is 374 Å². The van der Waals surface area contributed by atoms with Crippen molar-refractivity contribution in [1.29, 1.82) is 0 Å². The van der Waals surface area contributed by atoms with Gasteiger partial charge in [-0.15, -0.1) is 0 Å². The number of aromatic nitrogens is 4. The molecule has 98 heavy (non-hydrogen) atoms. The highest BCUT2D eigenvalue weighted by Crippen LogP contribution is 2.40. The molecule has 4 heteroatoms. The third-order valence-electron chi connectivity index (χ3n) is 20.4. The van der Waals surface area contributed by atoms with Crippen LogP contribution in [0.4, 0.5) is 0 Å². The Balaban J connectivity index is 0.689. The zero-order valence-corrected chi connectivity index (χ0v) is 55.8. The van der Waals surface area contributed by atoms with Crippen molar-refractivity contribution < 1.29 is 0 Å². The smallest absolute Gasteiger partial charge is 0.0491 e. The Morgan fingerprint density at radius 2 is 0.449 bits per heavy atom. The second kappa shape index (κ2) is 25.3. The first-order valence-electron chi connectivity index (χ1n) is 34.7. The van der Waals surface area contributed by atoms with Crippen LogP contribution in [0.25, 0.3) is 157 Å². The maximum atomic E-state index is 2.44. The molecular weight excluding hydrogens is 1190 g/mol. The molecule has 0 spiro atoms. The van der Waals surface area contributed by atoms with Gasteiger partial charge in [0, 0.05) is 113 Å². The maximum absolute atomic E-state index is 2.44. The molecule has 0 amide bonds. The Hall–Kier alpha value is -12.0. The first-order chi connectivity index (χ1) is 48.4. The maximum Gasteiger partial charge on any atom is 0.0491 e. The van der Waals surface area contributed by atoms with Gasteiger partial charge in [0.15, 0.2) is 0 Å². The van der Waals surface area contributed by atoms with Gasteiger partial charge in [-0.05, 0) is 202 Å². The van der Waals surface area contributed by atoms with Gasteiger partial charge in [0.05, 0.1) is 0 Å². The summed E-state index contributed by atoms with van der Waals surface area (Å²) in [6.07, 6.45) is 13.7. The summed E-state index contributed by atoms with van der Waals surface area (Å²) < 4.78 is 9.69. The Labute approximate surface area is 572 Å². The highest BCUT2D eigenvalue weighted by molar-refractivity contribution is 6.13. The van der Waals surface area contributed by atoms with E-state index in [4.69, 9.17) is 0 Å². The van der Waals surface area contributed by atoms with Crippen LogP contribution < -0.4 is 0 Å². The van der Waals surface area contributed by atoms with Gasteiger partial charge < -0.3 is 18.3 Å². The number of aryl methyl sites for hydroxylation is 4. The van der Waals surface area contributed by atoms with E-state index in [1.165, 1.54) is 154 Å². The van der Waals surface area contributed by atoms with Gasteiger partial charge in [0.2, 0.25) is 0 Å². The number of nitrogens with zero attached hydrogens (tertiary/aromatic N) is 4. The summed E-state index contributed by atoms with van der Waals surface area (Å²) in [4.78, 5) is 0. The molecule has 0 unspecified atom stereocenters. The highest BCUT2D eigenvalue weighted by atomic mass is 15.0. The number of benzene rings is 13. The van der Waals surface area contributed by atoms with Gasteiger partial charge in [0.25, 0.3) is 0 Å². The first kappa shape index (κ1) is 59.7. The third-order valence-corrected chi connectivity index (χ3v) is 20.4. The molecule has 4 nitrogen and oxygen atoms in total. The van der Waals surface area contributed by atoms with Crippen molar-refractivity contribution in [3.8, 4) is 22.3 Å². The Morgan fingerprint density at radius 1 is 0.214 bits per heavy atom. The molecule has 17 aromatic rings. The molecule has 4 heterocycles. The van der Waals surface area contributed by atoms with Crippen molar-refractivity contribution in [1.82, 2.24) is 18.3 Å². The van der Waals surface area contributed by atoms with Gasteiger partial charge in [-0.25, -0.2) is 0 Å². The Kier molecular flexibility index (Phi) is 15.4. The second-order valence-corrected chi connectivity index (χ2v) is 25.9. The topological polar surface area (TPSA) is 19.7 Å². The molecule has 4 aromatic heterocycles. The number of rotatable bonds is 16. The van der Waals surface area contributed by atoms with Gasteiger partial charge in [-0.1, -0.05) is 243 Å². The lowest BCUT2D eigenvalue weighted by molar-refractivity contribution is 0.827. The van der Waals surface area contributed by atoms with Crippen LogP contribution in [0, 0.1) is 0 Å². The van der Waals surface area contributed by atoms with E-state index < -0.39 is 0 Å². The Bertz CT molecular complexity index is 5660. The van der Waals surface area contributed by atoms with Crippen LogP contribution in [-0.2, 0) is 26.2 Å². The average Bonchev–Trinajstić information content (AvgIpc) is 1.62. The molecule has 0 saturated heterocycles. The number of fused-ring (bicyclic) bond motifs is 12. The molecule has 0 aliphatic heterocycles. The lowest BCUT2D eigenvalue weighted by Crippen LogP contribution is -1.95. The normalized spacial score (nSPS) is 12.5. The summed E-state index contributed by atoms with van der Waals surface area (Å²) in [5.74, 6) is 0. The van der Waals surface area contributed by atoms with Crippen molar-refractivity contribution in [2.24, 2.45) is 0 Å². The molecule has 13 aromatic carbocycles. The van der Waals surface area contributed by atoms with E-state index in [1.807, 2.05) is 0 Å². The zero-order valence-electron chi connectivity index (χ0n) is 55.8. The molecule has 470 valence electrons. The van der Waals surface area contributed by atoms with E-state index in [1.54, 1.807) is 0 Å². The van der Waals surface area contributed by atoms with Crippen molar-refractivity contribution in [2.45, 2.75) is 53.9 Å². The number of hydrogen-bond donors (Lipinski definition) is 0. The summed E-state index contributed by atoms with van der Waals surface area (Å²) in [5.41, 5.74) is 28.9. The van der Waals surface area contributed by atoms with Gasteiger partial charge in [-0.2, -0.15) is 0 Å². The molecule has 0 radical (unpaired) electrons. The third kappa shape index (κ3) is 10.8. The van der Waals surface area contributed by atoms with Crippen LogP contribution >= 0.6 is 0 Å². The van der Waals surface area contributed by atoms with Crippen LogP contribution in [0.5, 0.6) is 0 Å². The quantitative estimate of drug-likeness (QED) is 0.0859. The van der Waals surface area contributed by atoms with Crippen LogP contribution in [0.2, 0.25) is 0 Å². The van der Waals surface area contributed by atoms with Gasteiger partial charge >= 0.3 is 0 Å². The standard InChI is InChI=1S/C94H74N4/c1-5-95-87-21-13-9-17-77(87)83-59-65(37-53-91(83)95)27-25-63-29-39-69(40-30-63)71-43-33-67(34-44-71)57-81(75-51-55-93-85(61-75)79-19-11-15-23-89(79)97(93)7-3)73-47-49-74(50-48-73)82(76-52-56-94-86(62-76)80-20-12-16-24-90(80)98(94)8-4)58-68-35-45-72(46-36-68)70-41-31-64(32-42-70)26-28-66-38-54-92-84(60-66)78-18-10-14-22-88(78)96(92)6-2/h9-62H,5-8H2,1-4H3/b27-25-,28-26+,81-57-,82-58+. The average molecular weight is 1260 g/mol. The second-order valence-electron chi connectivity index (χ2n) is 25.9. The van der Waals surface area contributed by atoms with Crippen LogP contribution in [0.3, 0.4) is 0 Å². The van der Waals surface area contributed by atoms with Crippen molar-refractivity contribution in [3.05, 3.63) is 347 Å². The fourth-order valence-electron chi connectivity index (χ4n) is 15.5. The minimum absolute atomic E-state index is 0.898.